The quantitative estimate of drug-likeness (QED) is 0.649. The van der Waals surface area contributed by atoms with E-state index in [2.05, 4.69) is 19.2 Å². The van der Waals surface area contributed by atoms with Crippen molar-refractivity contribution in [1.29, 1.82) is 0 Å². The number of ether oxygens (including phenoxy) is 1. The number of amides is 1. The van der Waals surface area contributed by atoms with Crippen molar-refractivity contribution in [3.63, 3.8) is 0 Å². The predicted octanol–water partition coefficient (Wildman–Crippen LogP) is 4.61. The third-order valence-corrected chi connectivity index (χ3v) is 7.31. The number of para-hydroxylation sites is 1. The van der Waals surface area contributed by atoms with Crippen molar-refractivity contribution in [3.8, 4) is 5.75 Å². The fraction of sp³-hybridized carbons (Fsp3) is 0.435. The van der Waals surface area contributed by atoms with Crippen molar-refractivity contribution in [2.24, 2.45) is 0 Å². The van der Waals surface area contributed by atoms with Crippen molar-refractivity contribution >= 4 is 33.2 Å². The van der Waals surface area contributed by atoms with Crippen molar-refractivity contribution in [3.05, 3.63) is 58.6 Å². The molecule has 0 saturated heterocycles. The fourth-order valence-corrected chi connectivity index (χ4v) is 5.10. The summed E-state index contributed by atoms with van der Waals surface area (Å²) in [6.45, 7) is 5.60. The Hall–Kier alpha value is -2.25. The van der Waals surface area contributed by atoms with Crippen LogP contribution in [0, 0.1) is 6.92 Å². The summed E-state index contributed by atoms with van der Waals surface area (Å²) in [4.78, 5) is 13.0. The standard InChI is InChI=1S/C23H29ClN2O4S/c1-5-23(6-2)14-19(18-9-7-8-10-21(18)30-23)25-22(27)15-26(31(4,28)29)20-13-17(24)12-11-16(20)3/h7-13,19H,5-6,14-15H2,1-4H3,(H,25,27). The maximum Gasteiger partial charge on any atom is 0.241 e. The molecule has 168 valence electrons. The fourth-order valence-electron chi connectivity index (χ4n) is 4.03. The molecular formula is C23H29ClN2O4S. The minimum absolute atomic E-state index is 0.265. The van der Waals surface area contributed by atoms with Gasteiger partial charge in [0, 0.05) is 17.0 Å². The molecule has 1 aliphatic rings. The van der Waals surface area contributed by atoms with Gasteiger partial charge in [0.15, 0.2) is 0 Å². The second-order valence-electron chi connectivity index (χ2n) is 8.05. The number of nitrogens with one attached hydrogen (secondary N) is 1. The second kappa shape index (κ2) is 9.09. The van der Waals surface area contributed by atoms with E-state index in [1.807, 2.05) is 24.3 Å². The summed E-state index contributed by atoms with van der Waals surface area (Å²) >= 11 is 6.09. The lowest BCUT2D eigenvalue weighted by molar-refractivity contribution is -0.121. The molecule has 0 radical (unpaired) electrons. The van der Waals surface area contributed by atoms with Gasteiger partial charge >= 0.3 is 0 Å². The Morgan fingerprint density at radius 1 is 1.23 bits per heavy atom. The van der Waals surface area contributed by atoms with Crippen LogP contribution in [0.1, 0.15) is 50.3 Å². The molecule has 1 amide bonds. The zero-order valence-electron chi connectivity index (χ0n) is 18.3. The van der Waals surface area contributed by atoms with Gasteiger partial charge in [0.2, 0.25) is 15.9 Å². The number of rotatable bonds is 7. The highest BCUT2D eigenvalue weighted by Crippen LogP contribution is 2.42. The topological polar surface area (TPSA) is 75.7 Å². The zero-order chi connectivity index (χ0) is 22.8. The molecule has 0 spiro atoms. The molecule has 6 nitrogen and oxygen atoms in total. The lowest BCUT2D eigenvalue weighted by Crippen LogP contribution is -2.47. The number of aryl methyl sites for hydroxylation is 1. The van der Waals surface area contributed by atoms with Gasteiger partial charge in [-0.05, 0) is 43.5 Å². The van der Waals surface area contributed by atoms with Gasteiger partial charge in [-0.3, -0.25) is 9.10 Å². The van der Waals surface area contributed by atoms with Gasteiger partial charge in [-0.25, -0.2) is 8.42 Å². The third kappa shape index (κ3) is 5.15. The number of fused-ring (bicyclic) bond motifs is 1. The molecule has 0 bridgehead atoms. The van der Waals surface area contributed by atoms with E-state index >= 15 is 0 Å². The zero-order valence-corrected chi connectivity index (χ0v) is 19.9. The molecule has 8 heteroatoms. The Balaban J connectivity index is 1.88. The van der Waals surface area contributed by atoms with Gasteiger partial charge in [0.25, 0.3) is 0 Å². The van der Waals surface area contributed by atoms with Crippen molar-refractivity contribution in [2.45, 2.75) is 51.7 Å². The molecule has 2 aromatic carbocycles. The molecule has 1 N–H and O–H groups in total. The van der Waals surface area contributed by atoms with Crippen LogP contribution in [0.2, 0.25) is 5.02 Å². The first-order valence-electron chi connectivity index (χ1n) is 10.4. The predicted molar refractivity (Wildman–Crippen MR) is 124 cm³/mol. The molecular weight excluding hydrogens is 436 g/mol. The Morgan fingerprint density at radius 2 is 1.90 bits per heavy atom. The average Bonchev–Trinajstić information content (AvgIpc) is 2.73. The molecule has 1 atom stereocenters. The number of sulfonamides is 1. The van der Waals surface area contributed by atoms with Gasteiger partial charge in [0.1, 0.15) is 17.9 Å². The van der Waals surface area contributed by atoms with Crippen molar-refractivity contribution in [1.82, 2.24) is 5.32 Å². The van der Waals surface area contributed by atoms with Crippen LogP contribution in [0.15, 0.2) is 42.5 Å². The number of halogens is 1. The van der Waals surface area contributed by atoms with Crippen LogP contribution in [0.4, 0.5) is 5.69 Å². The Labute approximate surface area is 189 Å². The highest BCUT2D eigenvalue weighted by Gasteiger charge is 2.39. The molecule has 1 unspecified atom stereocenters. The van der Waals surface area contributed by atoms with Gasteiger partial charge < -0.3 is 10.1 Å². The van der Waals surface area contributed by atoms with E-state index in [9.17, 15) is 13.2 Å². The summed E-state index contributed by atoms with van der Waals surface area (Å²) in [6, 6.07) is 12.4. The molecule has 1 heterocycles. The van der Waals surface area contributed by atoms with Crippen LogP contribution in [0.25, 0.3) is 0 Å². The maximum atomic E-state index is 13.0. The van der Waals surface area contributed by atoms with Crippen molar-refractivity contribution < 1.29 is 17.9 Å². The van der Waals surface area contributed by atoms with Crippen LogP contribution in [-0.2, 0) is 14.8 Å². The van der Waals surface area contributed by atoms with Gasteiger partial charge in [-0.2, -0.15) is 0 Å². The first-order valence-corrected chi connectivity index (χ1v) is 12.6. The van der Waals surface area contributed by atoms with E-state index in [0.29, 0.717) is 17.1 Å². The minimum atomic E-state index is -3.70. The largest absolute Gasteiger partial charge is 0.487 e. The summed E-state index contributed by atoms with van der Waals surface area (Å²) in [5.41, 5.74) is 1.65. The Bertz CT molecular complexity index is 1070. The van der Waals surface area contributed by atoms with Crippen LogP contribution in [0.3, 0.4) is 0 Å². The highest BCUT2D eigenvalue weighted by atomic mass is 35.5. The van der Waals surface area contributed by atoms with E-state index in [0.717, 1.165) is 40.3 Å². The first kappa shape index (κ1) is 23.4. The number of carbonyl (C=O) groups is 1. The number of hydrogen-bond donors (Lipinski definition) is 1. The number of carbonyl (C=O) groups excluding carboxylic acids is 1. The van der Waals surface area contributed by atoms with E-state index in [1.165, 1.54) is 0 Å². The number of nitrogens with zero attached hydrogens (tertiary/aromatic N) is 1. The smallest absolute Gasteiger partial charge is 0.241 e. The monoisotopic (exact) mass is 464 g/mol. The molecule has 0 aliphatic carbocycles. The highest BCUT2D eigenvalue weighted by molar-refractivity contribution is 7.92. The van der Waals surface area contributed by atoms with Crippen LogP contribution in [0.5, 0.6) is 5.75 Å². The number of anilines is 1. The molecule has 0 fully saturated rings. The Morgan fingerprint density at radius 3 is 2.55 bits per heavy atom. The summed E-state index contributed by atoms with van der Waals surface area (Å²) in [6.07, 6.45) is 3.32. The van der Waals surface area contributed by atoms with Gasteiger partial charge in [0.05, 0.1) is 18.0 Å². The lowest BCUT2D eigenvalue weighted by Gasteiger charge is -2.41. The second-order valence-corrected chi connectivity index (χ2v) is 10.4. The summed E-state index contributed by atoms with van der Waals surface area (Å²) in [5.74, 6) is 0.376. The molecule has 31 heavy (non-hydrogen) atoms. The van der Waals surface area contributed by atoms with Gasteiger partial charge in [-0.1, -0.05) is 49.7 Å². The molecule has 2 aromatic rings. The number of hydrogen-bond acceptors (Lipinski definition) is 4. The van der Waals surface area contributed by atoms with E-state index in [4.69, 9.17) is 16.3 Å². The van der Waals surface area contributed by atoms with Crippen LogP contribution < -0.4 is 14.4 Å². The average molecular weight is 465 g/mol. The SMILES string of the molecule is CCC1(CC)CC(NC(=O)CN(c2cc(Cl)ccc2C)S(C)(=O)=O)c2ccccc2O1. The van der Waals surface area contributed by atoms with Crippen molar-refractivity contribution in [2.75, 3.05) is 17.1 Å². The normalized spacial score (nSPS) is 17.4. The molecule has 3 rings (SSSR count). The molecule has 0 saturated carbocycles. The third-order valence-electron chi connectivity index (χ3n) is 5.95. The maximum absolute atomic E-state index is 13.0. The van der Waals surface area contributed by atoms with E-state index in [1.54, 1.807) is 25.1 Å². The first-order chi connectivity index (χ1) is 14.6. The van der Waals surface area contributed by atoms with Crippen LogP contribution in [-0.4, -0.2) is 32.7 Å². The molecule has 1 aliphatic heterocycles. The summed E-state index contributed by atoms with van der Waals surface area (Å²) in [7, 11) is -3.70. The van der Waals surface area contributed by atoms with E-state index < -0.39 is 10.0 Å². The summed E-state index contributed by atoms with van der Waals surface area (Å²) in [5, 5.41) is 3.45. The minimum Gasteiger partial charge on any atom is -0.487 e. The lowest BCUT2D eigenvalue weighted by atomic mass is 9.83. The number of benzene rings is 2. The van der Waals surface area contributed by atoms with Gasteiger partial charge in [-0.15, -0.1) is 0 Å². The Kier molecular flexibility index (Phi) is 6.86. The van der Waals surface area contributed by atoms with E-state index in [-0.39, 0.29) is 24.1 Å². The summed E-state index contributed by atoms with van der Waals surface area (Å²) < 4.78 is 32.4. The van der Waals surface area contributed by atoms with Crippen LogP contribution >= 0.6 is 11.6 Å². The molecule has 0 aromatic heterocycles.